The van der Waals surface area contributed by atoms with Gasteiger partial charge >= 0.3 is 11.9 Å². The molecule has 1 aromatic heterocycles. The Kier molecular flexibility index (Phi) is 8.24. The summed E-state index contributed by atoms with van der Waals surface area (Å²) in [4.78, 5) is 42.8. The predicted octanol–water partition coefficient (Wildman–Crippen LogP) is 2.02. The summed E-state index contributed by atoms with van der Waals surface area (Å²) in [5.41, 5.74) is 14.0. The molecule has 3 atom stereocenters. The van der Waals surface area contributed by atoms with Gasteiger partial charge in [0.05, 0.1) is 0 Å². The summed E-state index contributed by atoms with van der Waals surface area (Å²) in [5, 5.41) is 23.6. The zero-order valence-electron chi connectivity index (χ0n) is 19.2. The summed E-state index contributed by atoms with van der Waals surface area (Å²) in [7, 11) is 0. The molecule has 0 saturated heterocycles. The third-order valence-electron chi connectivity index (χ3n) is 6.03. The number of fused-ring (bicyclic) bond motifs is 1. The van der Waals surface area contributed by atoms with E-state index in [0.29, 0.717) is 23.7 Å². The number of nitrogens with one attached hydrogen (secondary N) is 2. The number of anilines is 3. The topological polar surface area (TPSA) is 194 Å². The van der Waals surface area contributed by atoms with Crippen molar-refractivity contribution < 1.29 is 24.6 Å². The van der Waals surface area contributed by atoms with Crippen LogP contribution in [-0.2, 0) is 16.0 Å². The number of rotatable bonds is 12. The number of nitrogens with zero attached hydrogens (tertiary/aromatic N) is 2. The van der Waals surface area contributed by atoms with Crippen molar-refractivity contribution >= 4 is 35.4 Å². The number of hydrogen-bond donors (Lipinski definition) is 6. The van der Waals surface area contributed by atoms with E-state index in [1.54, 1.807) is 12.1 Å². The van der Waals surface area contributed by atoms with Gasteiger partial charge in [-0.05, 0) is 49.3 Å². The zero-order chi connectivity index (χ0) is 25.5. The zero-order valence-corrected chi connectivity index (χ0v) is 19.2. The lowest BCUT2D eigenvalue weighted by atomic mass is 9.85. The minimum Gasteiger partial charge on any atom is -0.481 e. The first-order valence-electron chi connectivity index (χ1n) is 11.3. The highest BCUT2D eigenvalue weighted by atomic mass is 16.4. The van der Waals surface area contributed by atoms with Crippen LogP contribution < -0.4 is 22.1 Å². The van der Waals surface area contributed by atoms with Crippen molar-refractivity contribution in [1.82, 2.24) is 15.3 Å². The van der Waals surface area contributed by atoms with Crippen LogP contribution in [-0.4, -0.2) is 50.6 Å². The number of nitrogens with two attached hydrogens (primary N) is 2. The Labute approximate surface area is 202 Å². The van der Waals surface area contributed by atoms with Crippen LogP contribution >= 0.6 is 0 Å². The van der Waals surface area contributed by atoms with Crippen LogP contribution in [0.1, 0.15) is 53.1 Å². The molecule has 11 heteroatoms. The van der Waals surface area contributed by atoms with Crippen LogP contribution in [0.15, 0.2) is 36.9 Å². The van der Waals surface area contributed by atoms with Crippen molar-refractivity contribution in [3.8, 4) is 0 Å². The van der Waals surface area contributed by atoms with E-state index < -0.39 is 23.9 Å². The Morgan fingerprint density at radius 2 is 1.91 bits per heavy atom. The number of carboxylic acids is 2. The normalized spacial score (nSPS) is 15.9. The third-order valence-corrected chi connectivity index (χ3v) is 6.03. The molecule has 0 saturated carbocycles. The quantitative estimate of drug-likeness (QED) is 0.244. The molecular formula is C24H30N6O5. The monoisotopic (exact) mass is 482 g/mol. The van der Waals surface area contributed by atoms with Gasteiger partial charge in [-0.25, -0.2) is 4.79 Å². The van der Waals surface area contributed by atoms with E-state index in [9.17, 15) is 19.5 Å². The molecule has 0 radical (unpaired) electrons. The van der Waals surface area contributed by atoms with Crippen molar-refractivity contribution in [1.29, 1.82) is 0 Å². The summed E-state index contributed by atoms with van der Waals surface area (Å²) in [5.74, 6) is -1.37. The van der Waals surface area contributed by atoms with Crippen molar-refractivity contribution in [2.45, 2.75) is 44.1 Å². The maximum Gasteiger partial charge on any atom is 0.326 e. The molecule has 186 valence electrons. The number of aliphatic carboxylic acids is 2. The molecule has 11 nitrogen and oxygen atoms in total. The fourth-order valence-electron chi connectivity index (χ4n) is 4.36. The van der Waals surface area contributed by atoms with Gasteiger partial charge in [0.15, 0.2) is 0 Å². The molecule has 2 aromatic rings. The number of nitrogen functional groups attached to an aromatic ring is 2. The second kappa shape index (κ2) is 11.3. The minimum atomic E-state index is -1.28. The molecule has 0 fully saturated rings. The Balaban J connectivity index is 1.64. The Hall–Kier alpha value is -4.15. The van der Waals surface area contributed by atoms with Gasteiger partial charge in [0.1, 0.15) is 17.7 Å². The molecule has 1 amide bonds. The van der Waals surface area contributed by atoms with E-state index in [2.05, 4.69) is 27.2 Å². The fraction of sp³-hybridized carbons (Fsp3) is 0.375. The molecule has 8 N–H and O–H groups in total. The fourth-order valence-corrected chi connectivity index (χ4v) is 4.36. The Morgan fingerprint density at radius 1 is 1.20 bits per heavy atom. The number of amides is 1. The molecule has 0 bridgehead atoms. The third kappa shape index (κ3) is 6.69. The van der Waals surface area contributed by atoms with Crippen LogP contribution in [0.25, 0.3) is 0 Å². The first-order valence-corrected chi connectivity index (χ1v) is 11.3. The van der Waals surface area contributed by atoms with Crippen LogP contribution in [0.5, 0.6) is 0 Å². The van der Waals surface area contributed by atoms with Gasteiger partial charge in [0, 0.05) is 30.0 Å². The number of aromatic nitrogens is 2. The van der Waals surface area contributed by atoms with Crippen molar-refractivity contribution in [2.75, 3.05) is 23.3 Å². The number of allylic oxidation sites excluding steroid dienone is 1. The highest BCUT2D eigenvalue weighted by molar-refractivity contribution is 5.96. The first-order chi connectivity index (χ1) is 16.7. The summed E-state index contributed by atoms with van der Waals surface area (Å²) in [6, 6.07) is 5.65. The lowest BCUT2D eigenvalue weighted by Crippen LogP contribution is -2.41. The lowest BCUT2D eigenvalue weighted by molar-refractivity contribution is -0.140. The Morgan fingerprint density at radius 3 is 2.54 bits per heavy atom. The molecule has 3 rings (SSSR count). The number of carbonyl (C=O) groups excluding carboxylic acids is 1. The largest absolute Gasteiger partial charge is 0.481 e. The van der Waals surface area contributed by atoms with Crippen molar-refractivity contribution in [3.63, 3.8) is 0 Å². The van der Waals surface area contributed by atoms with Gasteiger partial charge in [-0.15, -0.1) is 6.58 Å². The van der Waals surface area contributed by atoms with Crippen LogP contribution in [0, 0.1) is 5.92 Å². The first kappa shape index (κ1) is 25.5. The standard InChI is InChI=1S/C24H30N6O5/c1-2-3-14(11-16-12-27-21-19(16)20(25)29-24(26)30-21)10-13-4-6-15(7-5-13)22(33)28-17(23(34)35)8-9-18(31)32/h2,4-7,14,16-17H,1,3,8-12H2,(H,28,33)(H,31,32)(H,34,35)(H5,25,26,27,29,30)/t14?,16?,17-/m0/s1. The van der Waals surface area contributed by atoms with E-state index in [4.69, 9.17) is 16.6 Å². The molecule has 1 aliphatic heterocycles. The molecule has 1 aromatic carbocycles. The summed E-state index contributed by atoms with van der Waals surface area (Å²) in [6.45, 7) is 4.57. The number of hydrogen-bond acceptors (Lipinski definition) is 8. The summed E-state index contributed by atoms with van der Waals surface area (Å²) >= 11 is 0. The molecule has 35 heavy (non-hydrogen) atoms. The molecule has 0 spiro atoms. The molecular weight excluding hydrogens is 452 g/mol. The molecule has 2 unspecified atom stereocenters. The van der Waals surface area contributed by atoms with E-state index in [1.165, 1.54) is 0 Å². The van der Waals surface area contributed by atoms with E-state index in [1.807, 2.05) is 18.2 Å². The van der Waals surface area contributed by atoms with Gasteiger partial charge in [0.2, 0.25) is 5.95 Å². The van der Waals surface area contributed by atoms with E-state index in [0.717, 1.165) is 30.4 Å². The number of carboxylic acid groups (broad SMARTS) is 2. The van der Waals surface area contributed by atoms with Gasteiger partial charge in [-0.1, -0.05) is 18.2 Å². The van der Waals surface area contributed by atoms with Gasteiger partial charge < -0.3 is 32.3 Å². The van der Waals surface area contributed by atoms with Gasteiger partial charge in [-0.2, -0.15) is 9.97 Å². The molecule has 2 heterocycles. The summed E-state index contributed by atoms with van der Waals surface area (Å²) in [6.07, 6.45) is 3.68. The number of carbonyl (C=O) groups is 3. The average Bonchev–Trinajstić information content (AvgIpc) is 3.19. The summed E-state index contributed by atoms with van der Waals surface area (Å²) < 4.78 is 0. The maximum absolute atomic E-state index is 12.5. The average molecular weight is 483 g/mol. The van der Waals surface area contributed by atoms with Gasteiger partial charge in [-0.3, -0.25) is 9.59 Å². The highest BCUT2D eigenvalue weighted by Gasteiger charge is 2.29. The highest BCUT2D eigenvalue weighted by Crippen LogP contribution is 2.39. The van der Waals surface area contributed by atoms with E-state index in [-0.39, 0.29) is 30.6 Å². The van der Waals surface area contributed by atoms with Crippen LogP contribution in [0.3, 0.4) is 0 Å². The number of benzene rings is 1. The van der Waals surface area contributed by atoms with Crippen molar-refractivity contribution in [3.05, 3.63) is 53.6 Å². The second-order valence-electron chi connectivity index (χ2n) is 8.63. The lowest BCUT2D eigenvalue weighted by Gasteiger charge is -2.20. The molecule has 1 aliphatic rings. The predicted molar refractivity (Wildman–Crippen MR) is 131 cm³/mol. The second-order valence-corrected chi connectivity index (χ2v) is 8.63. The van der Waals surface area contributed by atoms with Crippen LogP contribution in [0.4, 0.5) is 17.6 Å². The van der Waals surface area contributed by atoms with Crippen molar-refractivity contribution in [2.24, 2.45) is 5.92 Å². The van der Waals surface area contributed by atoms with Gasteiger partial charge in [0.25, 0.3) is 5.91 Å². The van der Waals surface area contributed by atoms with Crippen LogP contribution in [0.2, 0.25) is 0 Å². The Bertz CT molecular complexity index is 1100. The minimum absolute atomic E-state index is 0.137. The van der Waals surface area contributed by atoms with E-state index >= 15 is 0 Å². The smallest absolute Gasteiger partial charge is 0.326 e. The molecule has 0 aliphatic carbocycles. The SMILES string of the molecule is C=CCC(Cc1ccc(C(=O)N[C@@H](CCC(=O)O)C(=O)O)cc1)CC1CNc2nc(N)nc(N)c21. The maximum atomic E-state index is 12.5.